The van der Waals surface area contributed by atoms with Gasteiger partial charge < -0.3 is 5.73 Å². The van der Waals surface area contributed by atoms with Gasteiger partial charge in [0.15, 0.2) is 23.3 Å². The number of hydrogen-bond acceptors (Lipinski definition) is 5. The predicted octanol–water partition coefficient (Wildman–Crippen LogP) is -0.292. The molecule has 2 rings (SSSR count). The van der Waals surface area contributed by atoms with Crippen molar-refractivity contribution in [3.05, 3.63) is 11.6 Å². The number of carbonyl (C=O) groups is 1. The number of rotatable bonds is 1. The van der Waals surface area contributed by atoms with E-state index in [9.17, 15) is 4.79 Å². The van der Waals surface area contributed by atoms with E-state index in [0.29, 0.717) is 23.4 Å². The van der Waals surface area contributed by atoms with Gasteiger partial charge in [-0.15, -0.1) is 0 Å². The van der Waals surface area contributed by atoms with Crippen LogP contribution in [0, 0.1) is 19.8 Å². The molecular formula is C10H14N5O+. The van der Waals surface area contributed by atoms with Gasteiger partial charge in [-0.05, 0) is 6.92 Å². The van der Waals surface area contributed by atoms with Crippen molar-refractivity contribution in [1.29, 1.82) is 0 Å². The topological polar surface area (TPSA) is 84.8 Å². The maximum atomic E-state index is 11.5. The first-order chi connectivity index (χ1) is 7.49. The summed E-state index contributed by atoms with van der Waals surface area (Å²) in [5.74, 6) is 2.06. The highest BCUT2D eigenvalue weighted by atomic mass is 16.1. The highest BCUT2D eigenvalue weighted by molar-refractivity contribution is 6.04. The number of nitrogens with two attached hydrogens (primary N) is 1. The summed E-state index contributed by atoms with van der Waals surface area (Å²) >= 11 is 0. The third-order valence-corrected chi connectivity index (χ3v) is 2.64. The van der Waals surface area contributed by atoms with Gasteiger partial charge >= 0.3 is 5.95 Å². The maximum Gasteiger partial charge on any atom is 0.388 e. The van der Waals surface area contributed by atoms with Gasteiger partial charge in [-0.1, -0.05) is 9.97 Å². The Morgan fingerprint density at radius 2 is 1.81 bits per heavy atom. The molecule has 1 aromatic heterocycles. The molecule has 0 spiro atoms. The monoisotopic (exact) mass is 220 g/mol. The zero-order valence-electron chi connectivity index (χ0n) is 9.56. The van der Waals surface area contributed by atoms with E-state index in [1.54, 1.807) is 25.3 Å². The lowest BCUT2D eigenvalue weighted by molar-refractivity contribution is -0.432. The fourth-order valence-corrected chi connectivity index (χ4v) is 1.69. The van der Waals surface area contributed by atoms with Crippen LogP contribution in [-0.2, 0) is 4.79 Å². The molecule has 1 aromatic rings. The summed E-state index contributed by atoms with van der Waals surface area (Å²) in [4.78, 5) is 24.0. The van der Waals surface area contributed by atoms with E-state index in [4.69, 9.17) is 5.73 Å². The Kier molecular flexibility index (Phi) is 2.41. The molecule has 16 heavy (non-hydrogen) atoms. The second-order valence-electron chi connectivity index (χ2n) is 3.93. The number of aryl methyl sites for hydroxylation is 2. The lowest BCUT2D eigenvalue weighted by Crippen LogP contribution is -2.26. The van der Waals surface area contributed by atoms with Crippen molar-refractivity contribution in [3.63, 3.8) is 0 Å². The Bertz CT molecular complexity index is 474. The summed E-state index contributed by atoms with van der Waals surface area (Å²) in [7, 11) is 0. The number of ketones is 1. The molecule has 0 aliphatic carbocycles. The minimum absolute atomic E-state index is 0.0909. The van der Waals surface area contributed by atoms with Gasteiger partial charge in [0.1, 0.15) is 6.54 Å². The third-order valence-electron chi connectivity index (χ3n) is 2.64. The van der Waals surface area contributed by atoms with Gasteiger partial charge in [-0.2, -0.15) is 4.98 Å². The Hall–Kier alpha value is -1.85. The fraction of sp³-hybridized carbons (Fsp3) is 0.500. The van der Waals surface area contributed by atoms with Gasteiger partial charge in [0, 0.05) is 13.8 Å². The molecule has 0 bridgehead atoms. The first-order valence-corrected chi connectivity index (χ1v) is 5.11. The van der Waals surface area contributed by atoms with E-state index in [1.807, 2.05) is 0 Å². The number of amidine groups is 1. The summed E-state index contributed by atoms with van der Waals surface area (Å²) in [6, 6.07) is 0. The van der Waals surface area contributed by atoms with Crippen LogP contribution in [0.25, 0.3) is 0 Å². The first kappa shape index (κ1) is 10.7. The van der Waals surface area contributed by atoms with Crippen LogP contribution in [0.3, 0.4) is 0 Å². The molecular weight excluding hydrogens is 206 g/mol. The quantitative estimate of drug-likeness (QED) is 0.657. The third kappa shape index (κ3) is 1.66. The molecule has 0 saturated carbocycles. The van der Waals surface area contributed by atoms with Crippen molar-refractivity contribution in [2.75, 3.05) is 6.54 Å². The lowest BCUT2D eigenvalue weighted by Gasteiger charge is -2.00. The molecule has 84 valence electrons. The molecule has 0 aromatic carbocycles. The number of carbonyl (C=O) groups excluding carboxylic acids is 1. The zero-order valence-corrected chi connectivity index (χ0v) is 9.56. The average Bonchev–Trinajstić information content (AvgIpc) is 2.44. The Morgan fingerprint density at radius 3 is 2.25 bits per heavy atom. The van der Waals surface area contributed by atoms with Gasteiger partial charge in [0.2, 0.25) is 0 Å². The highest BCUT2D eigenvalue weighted by Gasteiger charge is 2.33. The van der Waals surface area contributed by atoms with Crippen LogP contribution >= 0.6 is 0 Å². The largest absolute Gasteiger partial charge is 0.388 e. The summed E-state index contributed by atoms with van der Waals surface area (Å²) in [5.41, 5.74) is 5.87. The van der Waals surface area contributed by atoms with Gasteiger partial charge in [-0.3, -0.25) is 4.79 Å². The van der Waals surface area contributed by atoms with Gasteiger partial charge in [0.25, 0.3) is 0 Å². The minimum atomic E-state index is -0.252. The highest BCUT2D eigenvalue weighted by Crippen LogP contribution is 2.14. The van der Waals surface area contributed by atoms with Crippen LogP contribution in [0.1, 0.15) is 18.6 Å². The second-order valence-corrected chi connectivity index (χ2v) is 3.93. The fourth-order valence-electron chi connectivity index (χ4n) is 1.69. The summed E-state index contributed by atoms with van der Waals surface area (Å²) in [6.07, 6.45) is 0. The number of aromatic nitrogens is 3. The maximum absolute atomic E-state index is 11.5. The zero-order chi connectivity index (χ0) is 11.9. The van der Waals surface area contributed by atoms with Crippen molar-refractivity contribution in [1.82, 2.24) is 15.0 Å². The average molecular weight is 220 g/mol. The molecule has 1 aliphatic rings. The van der Waals surface area contributed by atoms with E-state index < -0.39 is 0 Å². The normalized spacial score (nSPS) is 20.7. The van der Waals surface area contributed by atoms with Gasteiger partial charge in [-0.25, -0.2) is 4.58 Å². The molecule has 0 unspecified atom stereocenters. The van der Waals surface area contributed by atoms with E-state index in [0.717, 1.165) is 0 Å². The van der Waals surface area contributed by atoms with Crippen molar-refractivity contribution in [3.8, 4) is 0 Å². The van der Waals surface area contributed by atoms with Crippen LogP contribution < -0.4 is 5.73 Å². The van der Waals surface area contributed by atoms with Gasteiger partial charge in [0.05, 0.1) is 5.92 Å². The van der Waals surface area contributed by atoms with E-state index >= 15 is 0 Å². The molecule has 0 radical (unpaired) electrons. The molecule has 6 heteroatoms. The van der Waals surface area contributed by atoms with E-state index in [-0.39, 0.29) is 18.2 Å². The number of hydrogen-bond donors (Lipinski definition) is 1. The molecule has 0 fully saturated rings. The van der Waals surface area contributed by atoms with Crippen LogP contribution in [0.5, 0.6) is 0 Å². The smallest absolute Gasteiger partial charge is 0.338 e. The van der Waals surface area contributed by atoms with Crippen LogP contribution in [0.15, 0.2) is 0 Å². The lowest BCUT2D eigenvalue weighted by atomic mass is 10.1. The van der Waals surface area contributed by atoms with Crippen molar-refractivity contribution in [2.24, 2.45) is 11.7 Å². The van der Waals surface area contributed by atoms with Crippen LogP contribution in [0.4, 0.5) is 5.95 Å². The molecule has 6 nitrogen and oxygen atoms in total. The minimum Gasteiger partial charge on any atom is -0.338 e. The SMILES string of the molecule is Cc1nc(C)nc([N+]2=C(N)[C@@H](C)C(=O)C2)n1. The van der Waals surface area contributed by atoms with Crippen molar-refractivity contribution in [2.45, 2.75) is 20.8 Å². The Labute approximate surface area is 93.2 Å². The molecule has 1 aliphatic heterocycles. The van der Waals surface area contributed by atoms with Crippen molar-refractivity contribution < 1.29 is 9.37 Å². The molecule has 0 amide bonds. The number of nitrogens with zero attached hydrogens (tertiary/aromatic N) is 4. The van der Waals surface area contributed by atoms with E-state index in [1.165, 1.54) is 0 Å². The first-order valence-electron chi connectivity index (χ1n) is 5.11. The predicted molar refractivity (Wildman–Crippen MR) is 57.5 cm³/mol. The second kappa shape index (κ2) is 3.62. The molecule has 2 heterocycles. The molecule has 0 saturated heterocycles. The summed E-state index contributed by atoms with van der Waals surface area (Å²) in [6.45, 7) is 5.61. The molecule has 1 atom stereocenters. The Balaban J connectivity index is 2.49. The van der Waals surface area contributed by atoms with Crippen molar-refractivity contribution >= 4 is 17.6 Å². The van der Waals surface area contributed by atoms with E-state index in [2.05, 4.69) is 15.0 Å². The number of Topliss-reactive ketones (excluding diaryl/α,β-unsaturated/α-hetero) is 1. The molecule has 2 N–H and O–H groups in total. The summed E-state index contributed by atoms with van der Waals surface area (Å²) < 4.78 is 1.65. The summed E-state index contributed by atoms with van der Waals surface area (Å²) in [5, 5.41) is 0. The van der Waals surface area contributed by atoms with Crippen LogP contribution in [-0.4, -0.2) is 37.7 Å². The van der Waals surface area contributed by atoms with Crippen LogP contribution in [0.2, 0.25) is 0 Å². The standard InChI is InChI=1S/C10H13N5O/c1-5-8(16)4-15(9(5)11)10-13-6(2)12-7(3)14-10/h5,11H,4H2,1-3H3/p+1/t5-/m0/s1. The Morgan fingerprint density at radius 1 is 1.25 bits per heavy atom.